The fourth-order valence-corrected chi connectivity index (χ4v) is 7.87. The molecule has 0 spiro atoms. The third-order valence-electron chi connectivity index (χ3n) is 10.7. The van der Waals surface area contributed by atoms with Crippen molar-refractivity contribution in [3.05, 3.63) is 245 Å². The first-order valence-electron chi connectivity index (χ1n) is 21.3. The van der Waals surface area contributed by atoms with E-state index < -0.39 is 11.9 Å². The Kier molecular flexibility index (Phi) is 15.0. The van der Waals surface area contributed by atoms with Crippen molar-refractivity contribution in [2.75, 3.05) is 18.1 Å². The largest absolute Gasteiger partial charge is 0.462 e. The Labute approximate surface area is 376 Å². The Morgan fingerprint density at radius 3 is 2.03 bits per heavy atom. The molecule has 0 fully saturated rings. The molecule has 0 saturated heterocycles. The number of nitrogens with zero attached hydrogens (tertiary/aromatic N) is 1. The summed E-state index contributed by atoms with van der Waals surface area (Å²) in [6.07, 6.45) is 29.8. The molecule has 2 aliphatic rings. The van der Waals surface area contributed by atoms with Gasteiger partial charge in [-0.15, -0.1) is 0 Å². The standard InChI is InChI=1S/C57H50ClNO4/c1-4-7-8-9-11-18-41-27-35-49(36-28-41)59(47-23-16-21-43(33-37-47)42-19-12-10-13-20-42)48-24-17-22-44(34-38-48)45-29-31-46(32-30-45)51-39-54(57(61)63-6-3)52(40-53(51)56(60)62-5-2)50-25-14-15-26-55(50)58/h4,7-17,19-21,24-40H,1,5-6,18,22-23H2,2-3H3/b8-7-,11-9-. The molecule has 0 aliphatic heterocycles. The second-order valence-electron chi connectivity index (χ2n) is 14.8. The molecule has 5 aromatic carbocycles. The van der Waals surface area contributed by atoms with Gasteiger partial charge in [-0.3, -0.25) is 0 Å². The summed E-state index contributed by atoms with van der Waals surface area (Å²) in [6, 6.07) is 38.0. The monoisotopic (exact) mass is 847 g/mol. The van der Waals surface area contributed by atoms with Crippen molar-refractivity contribution in [2.45, 2.75) is 33.1 Å². The minimum atomic E-state index is -0.503. The lowest BCUT2D eigenvalue weighted by Crippen LogP contribution is -2.20. The summed E-state index contributed by atoms with van der Waals surface area (Å²) >= 11 is 6.63. The smallest absolute Gasteiger partial charge is 0.338 e. The molecule has 0 bridgehead atoms. The molecule has 0 saturated carbocycles. The number of esters is 2. The molecule has 6 heteroatoms. The first-order chi connectivity index (χ1) is 30.9. The van der Waals surface area contributed by atoms with Crippen molar-refractivity contribution >= 4 is 40.4 Å². The lowest BCUT2D eigenvalue weighted by Gasteiger charge is -2.28. The maximum atomic E-state index is 13.5. The van der Waals surface area contributed by atoms with Gasteiger partial charge in [0.1, 0.15) is 0 Å². The van der Waals surface area contributed by atoms with Crippen molar-refractivity contribution in [3.63, 3.8) is 0 Å². The van der Waals surface area contributed by atoms with E-state index >= 15 is 0 Å². The predicted octanol–water partition coefficient (Wildman–Crippen LogP) is 14.5. The van der Waals surface area contributed by atoms with E-state index in [2.05, 4.69) is 127 Å². The molecule has 0 N–H and O–H groups in total. The van der Waals surface area contributed by atoms with E-state index in [1.54, 1.807) is 38.1 Å². The van der Waals surface area contributed by atoms with Gasteiger partial charge in [0.15, 0.2) is 0 Å². The van der Waals surface area contributed by atoms with Gasteiger partial charge < -0.3 is 14.4 Å². The lowest BCUT2D eigenvalue weighted by atomic mass is 9.89. The first kappa shape index (κ1) is 43.9. The average Bonchev–Trinajstić information content (AvgIpc) is 3.72. The maximum absolute atomic E-state index is 13.5. The van der Waals surface area contributed by atoms with Crippen LogP contribution in [-0.2, 0) is 15.9 Å². The maximum Gasteiger partial charge on any atom is 0.338 e. The van der Waals surface area contributed by atoms with Crippen molar-refractivity contribution in [2.24, 2.45) is 0 Å². The molecule has 63 heavy (non-hydrogen) atoms. The minimum absolute atomic E-state index is 0.196. The molecular weight excluding hydrogens is 798 g/mol. The molecule has 0 radical (unpaired) electrons. The van der Waals surface area contributed by atoms with Gasteiger partial charge in [-0.25, -0.2) is 9.59 Å². The second kappa shape index (κ2) is 21.5. The van der Waals surface area contributed by atoms with Gasteiger partial charge in [-0.05, 0) is 120 Å². The van der Waals surface area contributed by atoms with Crippen LogP contribution in [0.15, 0.2) is 212 Å². The molecule has 0 heterocycles. The van der Waals surface area contributed by atoms with E-state index in [1.807, 2.05) is 54.6 Å². The summed E-state index contributed by atoms with van der Waals surface area (Å²) in [6.45, 7) is 7.67. The number of hydrogen-bond donors (Lipinski definition) is 0. The highest BCUT2D eigenvalue weighted by molar-refractivity contribution is 6.33. The van der Waals surface area contributed by atoms with E-state index in [0.29, 0.717) is 39.3 Å². The zero-order valence-electron chi connectivity index (χ0n) is 35.7. The number of allylic oxidation sites excluding steroid dienone is 15. The van der Waals surface area contributed by atoms with Crippen LogP contribution in [0.5, 0.6) is 0 Å². The molecule has 7 rings (SSSR count). The minimum Gasteiger partial charge on any atom is -0.462 e. The van der Waals surface area contributed by atoms with Crippen LogP contribution in [-0.4, -0.2) is 25.2 Å². The first-order valence-corrected chi connectivity index (χ1v) is 21.7. The van der Waals surface area contributed by atoms with Crippen molar-refractivity contribution < 1.29 is 19.1 Å². The van der Waals surface area contributed by atoms with Crippen LogP contribution in [0.25, 0.3) is 33.4 Å². The van der Waals surface area contributed by atoms with Gasteiger partial charge in [-0.1, -0.05) is 164 Å². The van der Waals surface area contributed by atoms with Gasteiger partial charge in [0, 0.05) is 34.1 Å². The SMILES string of the molecule is C=C/C=C\C=C/Cc1ccc(N(C2=CC=C(c3ccc(-c4cc(C(=O)OCC)c(-c5ccccc5Cl)cc4C(=O)OCC)cc3)CC=C2)C2=CC=C(c3ccccc3)C=CC2)cc1. The number of ether oxygens (including phenoxy) is 2. The zero-order valence-corrected chi connectivity index (χ0v) is 36.4. The van der Waals surface area contributed by atoms with Gasteiger partial charge in [0.2, 0.25) is 0 Å². The van der Waals surface area contributed by atoms with Crippen molar-refractivity contribution in [1.82, 2.24) is 0 Å². The van der Waals surface area contributed by atoms with Gasteiger partial charge in [-0.2, -0.15) is 0 Å². The molecule has 0 aromatic heterocycles. The zero-order chi connectivity index (χ0) is 44.0. The summed E-state index contributed by atoms with van der Waals surface area (Å²) in [7, 11) is 0. The van der Waals surface area contributed by atoms with Crippen LogP contribution in [0, 0.1) is 0 Å². The van der Waals surface area contributed by atoms with Crippen molar-refractivity contribution in [3.8, 4) is 22.3 Å². The van der Waals surface area contributed by atoms with Crippen LogP contribution < -0.4 is 4.90 Å². The number of hydrogen-bond acceptors (Lipinski definition) is 5. The Morgan fingerprint density at radius 2 is 1.32 bits per heavy atom. The highest BCUT2D eigenvalue weighted by atomic mass is 35.5. The van der Waals surface area contributed by atoms with Gasteiger partial charge in [0.05, 0.1) is 24.3 Å². The molecule has 2 aliphatic carbocycles. The Balaban J connectivity index is 1.24. The summed E-state index contributed by atoms with van der Waals surface area (Å²) in [4.78, 5) is 29.3. The normalized spacial score (nSPS) is 13.7. The predicted molar refractivity (Wildman–Crippen MR) is 261 cm³/mol. The number of carbonyl (C=O) groups is 2. The lowest BCUT2D eigenvalue weighted by molar-refractivity contribution is 0.0513. The van der Waals surface area contributed by atoms with E-state index in [4.69, 9.17) is 21.1 Å². The molecular formula is C57H50ClNO4. The highest BCUT2D eigenvalue weighted by Gasteiger charge is 2.24. The van der Waals surface area contributed by atoms with Crippen LogP contribution in [0.2, 0.25) is 5.02 Å². The third kappa shape index (κ3) is 10.8. The highest BCUT2D eigenvalue weighted by Crippen LogP contribution is 2.38. The second-order valence-corrected chi connectivity index (χ2v) is 15.2. The average molecular weight is 848 g/mol. The topological polar surface area (TPSA) is 55.8 Å². The molecule has 0 atom stereocenters. The molecule has 0 amide bonds. The fraction of sp³-hybridized carbons (Fsp3) is 0.123. The Bertz CT molecular complexity index is 2710. The molecule has 0 unspecified atom stereocenters. The molecule has 314 valence electrons. The fourth-order valence-electron chi connectivity index (χ4n) is 7.63. The quantitative estimate of drug-likeness (QED) is 0.0776. The molecule has 5 nitrogen and oxygen atoms in total. The summed E-state index contributed by atoms with van der Waals surface area (Å²) in [5.74, 6) is -0.995. The van der Waals surface area contributed by atoms with E-state index in [1.165, 1.54) is 11.1 Å². The summed E-state index contributed by atoms with van der Waals surface area (Å²) < 4.78 is 11.0. The van der Waals surface area contributed by atoms with Gasteiger partial charge in [0.25, 0.3) is 0 Å². The summed E-state index contributed by atoms with van der Waals surface area (Å²) in [5.41, 5.74) is 12.1. The van der Waals surface area contributed by atoms with Gasteiger partial charge >= 0.3 is 11.9 Å². The summed E-state index contributed by atoms with van der Waals surface area (Å²) in [5, 5.41) is 0.451. The number of halogens is 1. The molecule has 5 aromatic rings. The Hall–Kier alpha value is -7.21. The van der Waals surface area contributed by atoms with E-state index in [9.17, 15) is 9.59 Å². The number of rotatable bonds is 15. The number of carbonyl (C=O) groups excluding carboxylic acids is 2. The van der Waals surface area contributed by atoms with Crippen LogP contribution >= 0.6 is 11.6 Å². The van der Waals surface area contributed by atoms with E-state index in [-0.39, 0.29) is 13.2 Å². The van der Waals surface area contributed by atoms with Crippen molar-refractivity contribution in [1.29, 1.82) is 0 Å². The van der Waals surface area contributed by atoms with Crippen LogP contribution in [0.3, 0.4) is 0 Å². The third-order valence-corrected chi connectivity index (χ3v) is 11.1. The number of anilines is 1. The van der Waals surface area contributed by atoms with Crippen LogP contribution in [0.4, 0.5) is 5.69 Å². The van der Waals surface area contributed by atoms with Crippen LogP contribution in [0.1, 0.15) is 64.1 Å². The number of benzene rings is 5. The van der Waals surface area contributed by atoms with E-state index in [0.717, 1.165) is 52.2 Å². The Morgan fingerprint density at radius 1 is 0.651 bits per heavy atom.